The highest BCUT2D eigenvalue weighted by Crippen LogP contribution is 2.34. The van der Waals surface area contributed by atoms with Crippen molar-refractivity contribution >= 4 is 11.3 Å². The average molecular weight is 305 g/mol. The topological polar surface area (TPSA) is 56.3 Å². The molecule has 2 aromatic rings. The minimum absolute atomic E-state index is 0.735. The van der Waals surface area contributed by atoms with Crippen molar-refractivity contribution < 1.29 is 9.47 Å². The van der Waals surface area contributed by atoms with E-state index in [0.717, 1.165) is 46.1 Å². The monoisotopic (exact) mass is 305 g/mol. The summed E-state index contributed by atoms with van der Waals surface area (Å²) in [6, 6.07) is 6.47. The summed E-state index contributed by atoms with van der Waals surface area (Å²) in [7, 11) is 3.30. The van der Waals surface area contributed by atoms with E-state index < -0.39 is 0 Å². The summed E-state index contributed by atoms with van der Waals surface area (Å²) in [5, 5.41) is 14.0. The Bertz CT molecular complexity index is 611. The number of hydrogen-bond acceptors (Lipinski definition) is 6. The first-order chi connectivity index (χ1) is 10.3. The smallest absolute Gasteiger partial charge is 0.151 e. The second kappa shape index (κ2) is 6.41. The lowest BCUT2D eigenvalue weighted by Crippen LogP contribution is -2.19. The first-order valence-corrected chi connectivity index (χ1v) is 7.90. The molecule has 1 fully saturated rings. The van der Waals surface area contributed by atoms with Gasteiger partial charge >= 0.3 is 0 Å². The van der Waals surface area contributed by atoms with Crippen molar-refractivity contribution in [1.29, 1.82) is 0 Å². The van der Waals surface area contributed by atoms with E-state index in [0.29, 0.717) is 0 Å². The molecule has 0 amide bonds. The molecule has 1 heterocycles. The number of rotatable bonds is 7. The standard InChI is InChI=1S/C15H19N3O2S/c1-19-11-5-6-12(13(9-11)20-2)15-18-17-14(21-15)7-8-16-10-3-4-10/h5-6,9-10,16H,3-4,7-8H2,1-2H3. The predicted octanol–water partition coefficient (Wildman–Crippen LogP) is 2.52. The summed E-state index contributed by atoms with van der Waals surface area (Å²) >= 11 is 1.62. The molecule has 3 rings (SSSR count). The molecule has 0 unspecified atom stereocenters. The minimum atomic E-state index is 0.735. The van der Waals surface area contributed by atoms with Crippen molar-refractivity contribution in [2.24, 2.45) is 0 Å². The van der Waals surface area contributed by atoms with E-state index in [9.17, 15) is 0 Å². The van der Waals surface area contributed by atoms with Crippen molar-refractivity contribution in [3.05, 3.63) is 23.2 Å². The van der Waals surface area contributed by atoms with Gasteiger partial charge in [0.25, 0.3) is 0 Å². The van der Waals surface area contributed by atoms with Crippen molar-refractivity contribution in [2.45, 2.75) is 25.3 Å². The van der Waals surface area contributed by atoms with Gasteiger partial charge in [-0.25, -0.2) is 0 Å². The SMILES string of the molecule is COc1ccc(-c2nnc(CCNC3CC3)s2)c(OC)c1. The summed E-state index contributed by atoms with van der Waals surface area (Å²) in [4.78, 5) is 0. The molecule has 1 aliphatic rings. The molecule has 0 saturated heterocycles. The van der Waals surface area contributed by atoms with Gasteiger partial charge in [-0.2, -0.15) is 0 Å². The Morgan fingerprint density at radius 1 is 1.24 bits per heavy atom. The third kappa shape index (κ3) is 3.51. The maximum atomic E-state index is 5.42. The van der Waals surface area contributed by atoms with Crippen LogP contribution in [0.15, 0.2) is 18.2 Å². The largest absolute Gasteiger partial charge is 0.497 e. The van der Waals surface area contributed by atoms with Crippen LogP contribution in [0.2, 0.25) is 0 Å². The molecule has 1 aliphatic carbocycles. The predicted molar refractivity (Wildman–Crippen MR) is 83.2 cm³/mol. The van der Waals surface area contributed by atoms with Crippen LogP contribution in [0.1, 0.15) is 17.8 Å². The zero-order valence-electron chi connectivity index (χ0n) is 12.3. The molecule has 6 heteroatoms. The average Bonchev–Trinajstić information content (AvgIpc) is 3.23. The Morgan fingerprint density at radius 2 is 2.10 bits per heavy atom. The highest BCUT2D eigenvalue weighted by Gasteiger charge is 2.20. The molecule has 112 valence electrons. The van der Waals surface area contributed by atoms with E-state index >= 15 is 0 Å². The van der Waals surface area contributed by atoms with Crippen LogP contribution in [0.4, 0.5) is 0 Å². The van der Waals surface area contributed by atoms with Gasteiger partial charge in [0, 0.05) is 25.1 Å². The quantitative estimate of drug-likeness (QED) is 0.852. The van der Waals surface area contributed by atoms with Crippen LogP contribution in [0.3, 0.4) is 0 Å². The number of aromatic nitrogens is 2. The van der Waals surface area contributed by atoms with E-state index in [1.165, 1.54) is 12.8 Å². The highest BCUT2D eigenvalue weighted by molar-refractivity contribution is 7.14. The maximum Gasteiger partial charge on any atom is 0.151 e. The van der Waals surface area contributed by atoms with Gasteiger partial charge < -0.3 is 14.8 Å². The molecule has 21 heavy (non-hydrogen) atoms. The number of ether oxygens (including phenoxy) is 2. The minimum Gasteiger partial charge on any atom is -0.497 e. The number of nitrogens with one attached hydrogen (secondary N) is 1. The number of methoxy groups -OCH3 is 2. The second-order valence-corrected chi connectivity index (χ2v) is 6.11. The number of hydrogen-bond donors (Lipinski definition) is 1. The van der Waals surface area contributed by atoms with Crippen molar-refractivity contribution in [3.8, 4) is 22.1 Å². The number of benzene rings is 1. The molecule has 0 radical (unpaired) electrons. The lowest BCUT2D eigenvalue weighted by molar-refractivity contribution is 0.395. The van der Waals surface area contributed by atoms with Crippen LogP contribution in [0, 0.1) is 0 Å². The van der Waals surface area contributed by atoms with Gasteiger partial charge in [-0.1, -0.05) is 11.3 Å². The maximum absolute atomic E-state index is 5.42. The van der Waals surface area contributed by atoms with Crippen LogP contribution in [0.5, 0.6) is 11.5 Å². The third-order valence-electron chi connectivity index (χ3n) is 3.46. The van der Waals surface area contributed by atoms with Crippen LogP contribution < -0.4 is 14.8 Å². The lowest BCUT2D eigenvalue weighted by atomic mass is 10.2. The van der Waals surface area contributed by atoms with E-state index in [4.69, 9.17) is 9.47 Å². The van der Waals surface area contributed by atoms with Crippen molar-refractivity contribution in [1.82, 2.24) is 15.5 Å². The van der Waals surface area contributed by atoms with Crippen molar-refractivity contribution in [3.63, 3.8) is 0 Å². The fraction of sp³-hybridized carbons (Fsp3) is 0.467. The Kier molecular flexibility index (Phi) is 4.36. The molecule has 0 bridgehead atoms. The normalized spacial score (nSPS) is 14.2. The lowest BCUT2D eigenvalue weighted by Gasteiger charge is -2.07. The molecule has 5 nitrogen and oxygen atoms in total. The van der Waals surface area contributed by atoms with E-state index in [2.05, 4.69) is 15.5 Å². The van der Waals surface area contributed by atoms with Gasteiger partial charge in [-0.05, 0) is 25.0 Å². The molecule has 1 aromatic carbocycles. The van der Waals surface area contributed by atoms with Gasteiger partial charge in [0.15, 0.2) is 5.01 Å². The second-order valence-electron chi connectivity index (χ2n) is 5.05. The zero-order chi connectivity index (χ0) is 14.7. The third-order valence-corrected chi connectivity index (χ3v) is 4.47. The fourth-order valence-corrected chi connectivity index (χ4v) is 2.98. The van der Waals surface area contributed by atoms with Crippen LogP contribution in [0.25, 0.3) is 10.6 Å². The molecule has 0 atom stereocenters. The molecule has 0 spiro atoms. The summed E-state index contributed by atoms with van der Waals surface area (Å²) in [6.07, 6.45) is 3.54. The fourth-order valence-electron chi connectivity index (χ4n) is 2.11. The summed E-state index contributed by atoms with van der Waals surface area (Å²) in [5.74, 6) is 1.53. The summed E-state index contributed by atoms with van der Waals surface area (Å²) in [5.41, 5.74) is 0.956. The van der Waals surface area contributed by atoms with E-state index in [1.54, 1.807) is 25.6 Å². The van der Waals surface area contributed by atoms with E-state index in [1.807, 2.05) is 18.2 Å². The molecule has 1 N–H and O–H groups in total. The highest BCUT2D eigenvalue weighted by atomic mass is 32.1. The Balaban J connectivity index is 1.72. The van der Waals surface area contributed by atoms with Gasteiger partial charge in [-0.3, -0.25) is 0 Å². The molecule has 1 aromatic heterocycles. The summed E-state index contributed by atoms with van der Waals surface area (Å²) < 4.78 is 10.6. The van der Waals surface area contributed by atoms with Gasteiger partial charge in [0.1, 0.15) is 16.5 Å². The van der Waals surface area contributed by atoms with Crippen LogP contribution in [-0.4, -0.2) is 37.0 Å². The van der Waals surface area contributed by atoms with E-state index in [-0.39, 0.29) is 0 Å². The first-order valence-electron chi connectivity index (χ1n) is 7.08. The van der Waals surface area contributed by atoms with Crippen LogP contribution >= 0.6 is 11.3 Å². The first kappa shape index (κ1) is 14.3. The molecular formula is C15H19N3O2S. The Morgan fingerprint density at radius 3 is 2.81 bits per heavy atom. The van der Waals surface area contributed by atoms with Crippen LogP contribution in [-0.2, 0) is 6.42 Å². The summed E-state index contributed by atoms with van der Waals surface area (Å²) in [6.45, 7) is 0.971. The Labute approximate surface area is 128 Å². The molecule has 0 aliphatic heterocycles. The molecular weight excluding hydrogens is 286 g/mol. The van der Waals surface area contributed by atoms with Gasteiger partial charge in [0.05, 0.1) is 19.8 Å². The van der Waals surface area contributed by atoms with Gasteiger partial charge in [0.2, 0.25) is 0 Å². The molecule has 1 saturated carbocycles. The van der Waals surface area contributed by atoms with Crippen molar-refractivity contribution in [2.75, 3.05) is 20.8 Å². The zero-order valence-corrected chi connectivity index (χ0v) is 13.1. The Hall–Kier alpha value is -1.66. The van der Waals surface area contributed by atoms with Gasteiger partial charge in [-0.15, -0.1) is 10.2 Å². The number of nitrogens with zero attached hydrogens (tertiary/aromatic N) is 2.